The summed E-state index contributed by atoms with van der Waals surface area (Å²) >= 11 is 0. The van der Waals surface area contributed by atoms with E-state index in [0.29, 0.717) is 6.61 Å². The zero-order chi connectivity index (χ0) is 13.7. The first kappa shape index (κ1) is 13.6. The van der Waals surface area contributed by atoms with Crippen molar-refractivity contribution in [2.45, 2.75) is 19.6 Å². The van der Waals surface area contributed by atoms with Gasteiger partial charge in [-0.05, 0) is 29.7 Å². The molecule has 100 valence electrons. The first-order valence-electron chi connectivity index (χ1n) is 6.34. The lowest BCUT2D eigenvalue weighted by Crippen LogP contribution is -2.14. The maximum atomic E-state index is 9.09. The summed E-state index contributed by atoms with van der Waals surface area (Å²) in [6, 6.07) is 15.4. The van der Waals surface area contributed by atoms with E-state index < -0.39 is 0 Å². The standard InChI is InChI=1S/C16H19NO2/c1-12-7-8-14(15(17)10-18)9-16(12)19-11-13-5-3-2-4-6-13/h2-9,15,18H,10-11,17H2,1H3. The Morgan fingerprint density at radius 1 is 1.16 bits per heavy atom. The zero-order valence-electron chi connectivity index (χ0n) is 11.0. The predicted molar refractivity (Wildman–Crippen MR) is 76.0 cm³/mol. The van der Waals surface area contributed by atoms with Crippen molar-refractivity contribution in [3.05, 3.63) is 65.2 Å². The second-order valence-corrected chi connectivity index (χ2v) is 4.59. The summed E-state index contributed by atoms with van der Waals surface area (Å²) in [6.07, 6.45) is 0. The van der Waals surface area contributed by atoms with Gasteiger partial charge in [-0.1, -0.05) is 42.5 Å². The van der Waals surface area contributed by atoms with Crippen LogP contribution in [0.4, 0.5) is 0 Å². The molecule has 0 aliphatic carbocycles. The van der Waals surface area contributed by atoms with Crippen LogP contribution in [0.15, 0.2) is 48.5 Å². The number of benzene rings is 2. The molecule has 2 aromatic carbocycles. The van der Waals surface area contributed by atoms with Gasteiger partial charge in [-0.2, -0.15) is 0 Å². The normalized spacial score (nSPS) is 12.2. The maximum Gasteiger partial charge on any atom is 0.123 e. The average molecular weight is 257 g/mol. The lowest BCUT2D eigenvalue weighted by Gasteiger charge is -2.14. The smallest absolute Gasteiger partial charge is 0.123 e. The number of aliphatic hydroxyl groups is 1. The third-order valence-electron chi connectivity index (χ3n) is 3.07. The van der Waals surface area contributed by atoms with Crippen LogP contribution in [-0.4, -0.2) is 11.7 Å². The van der Waals surface area contributed by atoms with Gasteiger partial charge in [0.25, 0.3) is 0 Å². The molecule has 0 amide bonds. The summed E-state index contributed by atoms with van der Waals surface area (Å²) in [5.74, 6) is 0.810. The minimum absolute atomic E-state index is 0.0683. The van der Waals surface area contributed by atoms with E-state index in [1.807, 2.05) is 55.5 Å². The van der Waals surface area contributed by atoms with Crippen molar-refractivity contribution in [3.8, 4) is 5.75 Å². The monoisotopic (exact) mass is 257 g/mol. The highest BCUT2D eigenvalue weighted by molar-refractivity contribution is 5.38. The van der Waals surface area contributed by atoms with E-state index in [-0.39, 0.29) is 12.6 Å². The lowest BCUT2D eigenvalue weighted by atomic mass is 10.1. The Kier molecular flexibility index (Phi) is 4.55. The van der Waals surface area contributed by atoms with E-state index >= 15 is 0 Å². The Balaban J connectivity index is 2.11. The number of hydrogen-bond donors (Lipinski definition) is 2. The molecule has 19 heavy (non-hydrogen) atoms. The molecule has 0 spiro atoms. The topological polar surface area (TPSA) is 55.5 Å². The van der Waals surface area contributed by atoms with Gasteiger partial charge in [0, 0.05) is 0 Å². The quantitative estimate of drug-likeness (QED) is 0.865. The molecule has 0 saturated carbocycles. The molecule has 0 aliphatic heterocycles. The highest BCUT2D eigenvalue weighted by atomic mass is 16.5. The summed E-state index contributed by atoms with van der Waals surface area (Å²) in [6.45, 7) is 2.45. The van der Waals surface area contributed by atoms with Crippen molar-refractivity contribution in [2.75, 3.05) is 6.61 Å². The largest absolute Gasteiger partial charge is 0.489 e. The van der Waals surface area contributed by atoms with Crippen LogP contribution in [0.3, 0.4) is 0 Å². The first-order chi connectivity index (χ1) is 9.20. The van der Waals surface area contributed by atoms with Crippen LogP contribution in [0.25, 0.3) is 0 Å². The van der Waals surface area contributed by atoms with Crippen LogP contribution in [-0.2, 0) is 6.61 Å². The van der Waals surface area contributed by atoms with Crippen molar-refractivity contribution in [2.24, 2.45) is 5.73 Å². The number of hydrogen-bond acceptors (Lipinski definition) is 3. The third kappa shape index (κ3) is 3.56. The second kappa shape index (κ2) is 6.36. The van der Waals surface area contributed by atoms with Gasteiger partial charge in [0.15, 0.2) is 0 Å². The lowest BCUT2D eigenvalue weighted by molar-refractivity contribution is 0.267. The molecule has 0 aromatic heterocycles. The Morgan fingerprint density at radius 3 is 2.58 bits per heavy atom. The Bertz CT molecular complexity index is 526. The minimum atomic E-state index is -0.361. The number of aryl methyl sites for hydroxylation is 1. The van der Waals surface area contributed by atoms with E-state index in [4.69, 9.17) is 15.6 Å². The average Bonchev–Trinajstić information content (AvgIpc) is 2.46. The van der Waals surface area contributed by atoms with Gasteiger partial charge in [-0.15, -0.1) is 0 Å². The summed E-state index contributed by atoms with van der Waals surface area (Å²) in [5.41, 5.74) is 8.88. The molecule has 3 heteroatoms. The molecule has 0 bridgehead atoms. The van der Waals surface area contributed by atoms with Crippen molar-refractivity contribution in [1.29, 1.82) is 0 Å². The molecular formula is C16H19NO2. The number of ether oxygens (including phenoxy) is 1. The van der Waals surface area contributed by atoms with Crippen molar-refractivity contribution < 1.29 is 9.84 Å². The number of aliphatic hydroxyl groups excluding tert-OH is 1. The molecule has 0 radical (unpaired) electrons. The van der Waals surface area contributed by atoms with E-state index in [1.54, 1.807) is 0 Å². The van der Waals surface area contributed by atoms with Crippen LogP contribution in [0, 0.1) is 6.92 Å². The van der Waals surface area contributed by atoms with Gasteiger partial charge in [-0.25, -0.2) is 0 Å². The van der Waals surface area contributed by atoms with E-state index in [1.165, 1.54) is 0 Å². The summed E-state index contributed by atoms with van der Waals surface area (Å²) in [7, 11) is 0. The van der Waals surface area contributed by atoms with Gasteiger partial charge in [0.1, 0.15) is 12.4 Å². The molecule has 0 heterocycles. The first-order valence-corrected chi connectivity index (χ1v) is 6.34. The fraction of sp³-hybridized carbons (Fsp3) is 0.250. The Morgan fingerprint density at radius 2 is 1.89 bits per heavy atom. The van der Waals surface area contributed by atoms with E-state index in [2.05, 4.69) is 0 Å². The second-order valence-electron chi connectivity index (χ2n) is 4.59. The van der Waals surface area contributed by atoms with Crippen LogP contribution in [0.5, 0.6) is 5.75 Å². The molecule has 1 atom stereocenters. The predicted octanol–water partition coefficient (Wildman–Crippen LogP) is 2.57. The van der Waals surface area contributed by atoms with Crippen LogP contribution >= 0.6 is 0 Å². The summed E-state index contributed by atoms with van der Waals surface area (Å²) in [4.78, 5) is 0. The fourth-order valence-corrected chi connectivity index (χ4v) is 1.84. The fourth-order valence-electron chi connectivity index (χ4n) is 1.84. The minimum Gasteiger partial charge on any atom is -0.489 e. The van der Waals surface area contributed by atoms with Crippen LogP contribution in [0.2, 0.25) is 0 Å². The summed E-state index contributed by atoms with van der Waals surface area (Å²) in [5, 5.41) is 9.09. The number of rotatable bonds is 5. The van der Waals surface area contributed by atoms with E-state index in [9.17, 15) is 0 Å². The van der Waals surface area contributed by atoms with E-state index in [0.717, 1.165) is 22.4 Å². The molecule has 1 unspecified atom stereocenters. The van der Waals surface area contributed by atoms with Gasteiger partial charge in [0.05, 0.1) is 12.6 Å². The third-order valence-corrected chi connectivity index (χ3v) is 3.07. The highest BCUT2D eigenvalue weighted by Crippen LogP contribution is 2.23. The SMILES string of the molecule is Cc1ccc(C(N)CO)cc1OCc1ccccc1. The van der Waals surface area contributed by atoms with Crippen LogP contribution < -0.4 is 10.5 Å². The van der Waals surface area contributed by atoms with Gasteiger partial charge in [0.2, 0.25) is 0 Å². The molecule has 0 aliphatic rings. The number of nitrogens with two attached hydrogens (primary N) is 1. The Labute approximate surface area is 113 Å². The maximum absolute atomic E-state index is 9.09. The zero-order valence-corrected chi connectivity index (χ0v) is 11.0. The molecule has 2 rings (SSSR count). The molecule has 2 aromatic rings. The molecule has 0 fully saturated rings. The van der Waals surface area contributed by atoms with Gasteiger partial charge < -0.3 is 15.6 Å². The summed E-state index contributed by atoms with van der Waals surface area (Å²) < 4.78 is 5.82. The molecule has 3 N–H and O–H groups in total. The molecular weight excluding hydrogens is 238 g/mol. The Hall–Kier alpha value is -1.84. The van der Waals surface area contributed by atoms with Crippen molar-refractivity contribution in [3.63, 3.8) is 0 Å². The van der Waals surface area contributed by atoms with Crippen LogP contribution in [0.1, 0.15) is 22.7 Å². The van der Waals surface area contributed by atoms with Crippen molar-refractivity contribution in [1.82, 2.24) is 0 Å². The van der Waals surface area contributed by atoms with Gasteiger partial charge >= 0.3 is 0 Å². The van der Waals surface area contributed by atoms with Gasteiger partial charge in [-0.3, -0.25) is 0 Å². The van der Waals surface area contributed by atoms with Crippen molar-refractivity contribution >= 4 is 0 Å². The molecule has 0 saturated heterocycles. The highest BCUT2D eigenvalue weighted by Gasteiger charge is 2.08. The molecule has 3 nitrogen and oxygen atoms in total.